The van der Waals surface area contributed by atoms with Crippen LogP contribution in [0, 0.1) is 19.8 Å². The molecular formula is C21H32N6. The van der Waals surface area contributed by atoms with Crippen LogP contribution in [-0.2, 0) is 0 Å². The van der Waals surface area contributed by atoms with E-state index in [1.807, 2.05) is 0 Å². The molecule has 0 bridgehead atoms. The monoisotopic (exact) mass is 368 g/mol. The molecule has 0 amide bonds. The molecule has 6 nitrogen and oxygen atoms in total. The summed E-state index contributed by atoms with van der Waals surface area (Å²) in [4.78, 5) is 13.5. The second kappa shape index (κ2) is 8.46. The van der Waals surface area contributed by atoms with E-state index in [2.05, 4.69) is 71.0 Å². The highest BCUT2D eigenvalue weighted by Crippen LogP contribution is 2.29. The number of hydrogen-bond donors (Lipinski definition) is 2. The van der Waals surface area contributed by atoms with Crippen molar-refractivity contribution in [2.75, 3.05) is 53.6 Å². The average Bonchev–Trinajstić information content (AvgIpc) is 2.65. The van der Waals surface area contributed by atoms with Gasteiger partial charge in [-0.05, 0) is 43.4 Å². The molecule has 1 fully saturated rings. The van der Waals surface area contributed by atoms with Gasteiger partial charge in [-0.2, -0.15) is 0 Å². The fraction of sp³-hybridized carbons (Fsp3) is 0.524. The first-order valence-electron chi connectivity index (χ1n) is 9.87. The fourth-order valence-corrected chi connectivity index (χ4v) is 3.50. The van der Waals surface area contributed by atoms with Gasteiger partial charge in [0.1, 0.15) is 12.0 Å². The standard InChI is InChI=1S/C21H32N6/c1-15(2)8-9-23-20-19(22)21(25-14-24-20)27-12-10-26(11-13-27)18-7-5-6-16(3)17(18)4/h5-7,14-15H,8-13,22H2,1-4H3,(H,23,24,25). The van der Waals surface area contributed by atoms with E-state index in [0.29, 0.717) is 11.6 Å². The SMILES string of the molecule is Cc1cccc(N2CCN(c3ncnc(NCCC(C)C)c3N)CC2)c1C. The van der Waals surface area contributed by atoms with Crippen molar-refractivity contribution in [1.82, 2.24) is 9.97 Å². The third-order valence-corrected chi connectivity index (χ3v) is 5.37. The summed E-state index contributed by atoms with van der Waals surface area (Å²) >= 11 is 0. The van der Waals surface area contributed by atoms with Crippen LogP contribution in [0.4, 0.5) is 23.0 Å². The second-order valence-electron chi connectivity index (χ2n) is 7.76. The number of benzene rings is 1. The van der Waals surface area contributed by atoms with Gasteiger partial charge in [0.25, 0.3) is 0 Å². The molecule has 6 heteroatoms. The summed E-state index contributed by atoms with van der Waals surface area (Å²) in [5.74, 6) is 2.24. The van der Waals surface area contributed by atoms with E-state index in [9.17, 15) is 0 Å². The minimum atomic E-state index is 0.651. The van der Waals surface area contributed by atoms with Crippen molar-refractivity contribution in [2.24, 2.45) is 5.92 Å². The van der Waals surface area contributed by atoms with E-state index in [0.717, 1.165) is 50.8 Å². The third kappa shape index (κ3) is 4.43. The topological polar surface area (TPSA) is 70.3 Å². The summed E-state index contributed by atoms with van der Waals surface area (Å²) < 4.78 is 0. The zero-order valence-corrected chi connectivity index (χ0v) is 17.0. The van der Waals surface area contributed by atoms with Crippen molar-refractivity contribution < 1.29 is 0 Å². The normalized spacial score (nSPS) is 14.7. The molecule has 1 aliphatic heterocycles. The molecule has 1 aliphatic rings. The first-order valence-corrected chi connectivity index (χ1v) is 9.87. The zero-order chi connectivity index (χ0) is 19.4. The lowest BCUT2D eigenvalue weighted by Crippen LogP contribution is -2.47. The summed E-state index contributed by atoms with van der Waals surface area (Å²) in [5.41, 5.74) is 11.1. The first kappa shape index (κ1) is 19.3. The van der Waals surface area contributed by atoms with Gasteiger partial charge in [-0.15, -0.1) is 0 Å². The lowest BCUT2D eigenvalue weighted by Gasteiger charge is -2.38. The van der Waals surface area contributed by atoms with Crippen molar-refractivity contribution in [3.8, 4) is 0 Å². The highest BCUT2D eigenvalue weighted by molar-refractivity contribution is 5.75. The maximum absolute atomic E-state index is 6.38. The van der Waals surface area contributed by atoms with E-state index in [1.54, 1.807) is 6.33 Å². The molecule has 0 saturated carbocycles. The zero-order valence-electron chi connectivity index (χ0n) is 17.0. The minimum absolute atomic E-state index is 0.651. The molecule has 3 rings (SSSR count). The predicted molar refractivity (Wildman–Crippen MR) is 115 cm³/mol. The molecular weight excluding hydrogens is 336 g/mol. The summed E-state index contributed by atoms with van der Waals surface area (Å²) in [5, 5.41) is 3.36. The quantitative estimate of drug-likeness (QED) is 0.814. The average molecular weight is 369 g/mol. The molecule has 2 heterocycles. The van der Waals surface area contributed by atoms with Gasteiger partial charge in [0.15, 0.2) is 11.6 Å². The van der Waals surface area contributed by atoms with Crippen LogP contribution in [0.2, 0.25) is 0 Å². The number of nitrogens with zero attached hydrogens (tertiary/aromatic N) is 4. The Balaban J connectivity index is 1.66. The van der Waals surface area contributed by atoms with Crippen LogP contribution in [-0.4, -0.2) is 42.7 Å². The van der Waals surface area contributed by atoms with Gasteiger partial charge >= 0.3 is 0 Å². The molecule has 1 aromatic heterocycles. The third-order valence-electron chi connectivity index (χ3n) is 5.37. The lowest BCUT2D eigenvalue weighted by atomic mass is 10.1. The molecule has 1 saturated heterocycles. The number of aromatic nitrogens is 2. The Morgan fingerprint density at radius 3 is 2.48 bits per heavy atom. The Kier molecular flexibility index (Phi) is 6.04. The van der Waals surface area contributed by atoms with Gasteiger partial charge in [-0.25, -0.2) is 9.97 Å². The van der Waals surface area contributed by atoms with Crippen molar-refractivity contribution >= 4 is 23.0 Å². The number of hydrogen-bond acceptors (Lipinski definition) is 6. The van der Waals surface area contributed by atoms with E-state index >= 15 is 0 Å². The summed E-state index contributed by atoms with van der Waals surface area (Å²) in [7, 11) is 0. The Morgan fingerprint density at radius 2 is 1.78 bits per heavy atom. The fourth-order valence-electron chi connectivity index (χ4n) is 3.50. The van der Waals surface area contributed by atoms with Gasteiger partial charge in [0.2, 0.25) is 0 Å². The largest absolute Gasteiger partial charge is 0.393 e. The Labute approximate surface area is 162 Å². The number of nitrogens with one attached hydrogen (secondary N) is 1. The molecule has 27 heavy (non-hydrogen) atoms. The van der Waals surface area contributed by atoms with Gasteiger partial charge < -0.3 is 20.9 Å². The summed E-state index contributed by atoms with van der Waals surface area (Å²) in [6, 6.07) is 6.53. The molecule has 0 radical (unpaired) electrons. The van der Waals surface area contributed by atoms with Crippen LogP contribution in [0.15, 0.2) is 24.5 Å². The first-order chi connectivity index (χ1) is 13.0. The maximum atomic E-state index is 6.38. The smallest absolute Gasteiger partial charge is 0.157 e. The Hall–Kier alpha value is -2.50. The van der Waals surface area contributed by atoms with Crippen LogP contribution in [0.25, 0.3) is 0 Å². The summed E-state index contributed by atoms with van der Waals surface area (Å²) in [6.07, 6.45) is 2.70. The van der Waals surface area contributed by atoms with Crippen LogP contribution < -0.4 is 20.9 Å². The second-order valence-corrected chi connectivity index (χ2v) is 7.76. The van der Waals surface area contributed by atoms with E-state index < -0.39 is 0 Å². The Morgan fingerprint density at radius 1 is 1.07 bits per heavy atom. The summed E-state index contributed by atoms with van der Waals surface area (Å²) in [6.45, 7) is 13.4. The molecule has 0 unspecified atom stereocenters. The minimum Gasteiger partial charge on any atom is -0.393 e. The van der Waals surface area contributed by atoms with E-state index in [4.69, 9.17) is 5.73 Å². The molecule has 0 aliphatic carbocycles. The number of anilines is 4. The van der Waals surface area contributed by atoms with Crippen molar-refractivity contribution in [3.05, 3.63) is 35.7 Å². The molecule has 1 aromatic carbocycles. The van der Waals surface area contributed by atoms with Crippen LogP contribution >= 0.6 is 0 Å². The van der Waals surface area contributed by atoms with Gasteiger partial charge in [-0.1, -0.05) is 26.0 Å². The molecule has 3 N–H and O–H groups in total. The van der Waals surface area contributed by atoms with Crippen LogP contribution in [0.1, 0.15) is 31.4 Å². The van der Waals surface area contributed by atoms with E-state index in [1.165, 1.54) is 16.8 Å². The lowest BCUT2D eigenvalue weighted by molar-refractivity contribution is 0.606. The van der Waals surface area contributed by atoms with Crippen molar-refractivity contribution in [1.29, 1.82) is 0 Å². The van der Waals surface area contributed by atoms with Gasteiger partial charge in [0, 0.05) is 38.4 Å². The highest BCUT2D eigenvalue weighted by atomic mass is 15.3. The number of piperazine rings is 1. The molecule has 2 aromatic rings. The number of nitrogen functional groups attached to an aromatic ring is 1. The van der Waals surface area contributed by atoms with Crippen LogP contribution in [0.5, 0.6) is 0 Å². The molecule has 0 atom stereocenters. The molecule has 146 valence electrons. The molecule has 0 spiro atoms. The van der Waals surface area contributed by atoms with Crippen molar-refractivity contribution in [3.63, 3.8) is 0 Å². The highest BCUT2D eigenvalue weighted by Gasteiger charge is 2.22. The number of aryl methyl sites for hydroxylation is 1. The Bertz CT molecular complexity index is 765. The number of rotatable bonds is 6. The van der Waals surface area contributed by atoms with E-state index in [-0.39, 0.29) is 0 Å². The van der Waals surface area contributed by atoms with Crippen molar-refractivity contribution in [2.45, 2.75) is 34.1 Å². The predicted octanol–water partition coefficient (Wildman–Crippen LogP) is 3.46. The maximum Gasteiger partial charge on any atom is 0.157 e. The van der Waals surface area contributed by atoms with Gasteiger partial charge in [0.05, 0.1) is 0 Å². The van der Waals surface area contributed by atoms with Crippen LogP contribution in [0.3, 0.4) is 0 Å². The van der Waals surface area contributed by atoms with Gasteiger partial charge in [-0.3, -0.25) is 0 Å². The number of nitrogens with two attached hydrogens (primary N) is 1.